The Bertz CT molecular complexity index is 2710. The number of allylic oxidation sites excluding steroid dienone is 7. The third-order valence-electron chi connectivity index (χ3n) is 17.3. The molecule has 0 bridgehead atoms. The number of benzene rings is 2. The SMILES string of the molecule is C=C/C(=C\C=C(\C=C[C@H](CC)CC(C)CCc1ccc2nc(C3CC4CCCCC4N3C=O)[nH]c2c1)Cc1ccc2nc(C3CC4CCCCC4N3C(=O)C(OC)C(C)C)[nH]c2c1)CC.CC.COC.COC(=O)NC(C)C(C)C.NC=O. The van der Waals surface area contributed by atoms with Crippen molar-refractivity contribution < 1.29 is 33.4 Å². The molecule has 15 nitrogen and oxygen atoms in total. The number of methoxy groups -OCH3 is 3. The topological polar surface area (TPSA) is 198 Å². The van der Waals surface area contributed by atoms with E-state index in [1.54, 1.807) is 21.3 Å². The van der Waals surface area contributed by atoms with Crippen molar-refractivity contribution in [1.29, 1.82) is 0 Å². The first-order chi connectivity index (χ1) is 40.0. The second-order valence-corrected chi connectivity index (χ2v) is 23.7. The van der Waals surface area contributed by atoms with E-state index < -0.39 is 6.10 Å². The zero-order chi connectivity index (χ0) is 61.2. The zero-order valence-electron chi connectivity index (χ0n) is 53.2. The number of ether oxygens (including phenoxy) is 3. The van der Waals surface area contributed by atoms with Gasteiger partial charge in [-0.3, -0.25) is 14.4 Å². The van der Waals surface area contributed by atoms with Crippen molar-refractivity contribution >= 4 is 46.9 Å². The molecule has 2 aliphatic carbocycles. The van der Waals surface area contributed by atoms with E-state index in [0.29, 0.717) is 35.6 Å². The van der Waals surface area contributed by atoms with Gasteiger partial charge in [-0.2, -0.15) is 0 Å². The lowest BCUT2D eigenvalue weighted by molar-refractivity contribution is -0.148. The number of aryl methyl sites for hydroxylation is 1. The van der Waals surface area contributed by atoms with Gasteiger partial charge in [-0.25, -0.2) is 14.8 Å². The number of nitrogens with two attached hydrogens (primary N) is 1. The molecule has 9 unspecified atom stereocenters. The number of carbonyl (C=O) groups excluding carboxylic acids is 4. The third-order valence-corrected chi connectivity index (χ3v) is 17.3. The maximum atomic E-state index is 14.1. The van der Waals surface area contributed by atoms with Crippen molar-refractivity contribution in [2.45, 2.75) is 208 Å². The molecule has 4 fully saturated rings. The van der Waals surface area contributed by atoms with Crippen LogP contribution < -0.4 is 11.1 Å². The molecule has 83 heavy (non-hydrogen) atoms. The third kappa shape index (κ3) is 19.8. The lowest BCUT2D eigenvalue weighted by Gasteiger charge is -2.36. The van der Waals surface area contributed by atoms with Crippen LogP contribution in [-0.4, -0.2) is 107 Å². The number of amides is 4. The highest BCUT2D eigenvalue weighted by Crippen LogP contribution is 2.47. The number of primary amides is 1. The summed E-state index contributed by atoms with van der Waals surface area (Å²) in [6.45, 7) is 25.1. The molecule has 0 spiro atoms. The number of nitrogens with one attached hydrogen (secondary N) is 3. The van der Waals surface area contributed by atoms with Crippen LogP contribution in [0.5, 0.6) is 0 Å². The molecule has 8 rings (SSSR count). The lowest BCUT2D eigenvalue weighted by atomic mass is 9.84. The second-order valence-electron chi connectivity index (χ2n) is 23.7. The first-order valence-electron chi connectivity index (χ1n) is 31.2. The molecule has 2 saturated carbocycles. The summed E-state index contributed by atoms with van der Waals surface area (Å²) in [6, 6.07) is 14.1. The summed E-state index contributed by atoms with van der Waals surface area (Å²) in [6.07, 6.45) is 29.3. The molecular weight excluding hydrogens is 1040 g/mol. The molecule has 0 radical (unpaired) electrons. The molecule has 2 saturated heterocycles. The van der Waals surface area contributed by atoms with Gasteiger partial charge in [-0.15, -0.1) is 0 Å². The van der Waals surface area contributed by atoms with Crippen LogP contribution in [0, 0.1) is 35.5 Å². The van der Waals surface area contributed by atoms with Gasteiger partial charge in [0.15, 0.2) is 0 Å². The number of aromatic nitrogens is 4. The summed E-state index contributed by atoms with van der Waals surface area (Å²) in [7, 11) is 6.28. The fraction of sp³-hybridized carbons (Fsp3) is 0.618. The Labute approximate surface area is 498 Å². The van der Waals surface area contributed by atoms with Crippen LogP contribution >= 0.6 is 0 Å². The summed E-state index contributed by atoms with van der Waals surface area (Å²) in [5.74, 6) is 4.64. The number of imidazole rings is 2. The highest BCUT2D eigenvalue weighted by Gasteiger charge is 2.48. The lowest BCUT2D eigenvalue weighted by Crippen LogP contribution is -2.47. The predicted octanol–water partition coefficient (Wildman–Crippen LogP) is 14.4. The van der Waals surface area contributed by atoms with Crippen LogP contribution in [0.2, 0.25) is 0 Å². The molecule has 2 aromatic heterocycles. The number of fused-ring (bicyclic) bond motifs is 4. The van der Waals surface area contributed by atoms with Gasteiger partial charge in [0.1, 0.15) is 17.8 Å². The van der Waals surface area contributed by atoms with Crippen LogP contribution in [0.15, 0.2) is 84.5 Å². The quantitative estimate of drug-likeness (QED) is 0.0463. The molecule has 4 amide bonds. The number of carbonyl (C=O) groups is 4. The normalized spacial score (nSPS) is 21.9. The van der Waals surface area contributed by atoms with Crippen molar-refractivity contribution in [3.63, 3.8) is 0 Å². The van der Waals surface area contributed by atoms with Crippen molar-refractivity contribution in [2.24, 2.45) is 41.2 Å². The number of hydrogen-bond donors (Lipinski definition) is 4. The standard InChI is InChI=1S/C56H76N6O3.C7H15NO2.C2H6O.C2H6.CH3NO/c1-8-38(9-2)21-23-40(30-42-26-28-46-48(32-42)60-55(58-46)52-34-44-16-12-14-18-50(44)62(52)56(64)53(65-7)36(4)5)24-22-39(10-3)29-37(6)19-20-41-25-27-45-47(31-41)59-54(57-45)51-33-43-15-11-13-17-49(43)61(51)35-63;1-5(2)6(3)8-7(9)10-4;1-3-2;1-2;2-1-3/h8,21-28,31-32,35-37,39,43-44,49-53H,1,9-20,29-30,33-34H2,2-7H3,(H,57,59)(H,58,60);5-6H,1-4H3,(H,8,9);1-2H3;1-2H3;1H,(H2,2,3)/b24-22?,38-21+,40-23-;;;;/t37?,39-,43?,44?,49?,50?,51?,52?,53?;;;;/m0..../s1. The summed E-state index contributed by atoms with van der Waals surface area (Å²) in [5.41, 5.74) is 13.2. The van der Waals surface area contributed by atoms with Crippen LogP contribution in [0.4, 0.5) is 4.79 Å². The Balaban J connectivity index is 0.000000720. The molecule has 460 valence electrons. The van der Waals surface area contributed by atoms with Gasteiger partial charge >= 0.3 is 6.09 Å². The highest BCUT2D eigenvalue weighted by atomic mass is 16.5. The van der Waals surface area contributed by atoms with E-state index in [0.717, 1.165) is 104 Å². The minimum absolute atomic E-state index is 0.0576. The average Bonchev–Trinajstić information content (AvgIpc) is 2.72. The Morgan fingerprint density at radius 3 is 1.87 bits per heavy atom. The Morgan fingerprint density at radius 1 is 0.783 bits per heavy atom. The van der Waals surface area contributed by atoms with Crippen molar-refractivity contribution in [2.75, 3.05) is 28.4 Å². The van der Waals surface area contributed by atoms with Gasteiger partial charge < -0.3 is 45.0 Å². The van der Waals surface area contributed by atoms with Crippen LogP contribution in [0.1, 0.15) is 194 Å². The maximum Gasteiger partial charge on any atom is 0.407 e. The summed E-state index contributed by atoms with van der Waals surface area (Å²) < 4.78 is 14.5. The van der Waals surface area contributed by atoms with E-state index >= 15 is 0 Å². The Hall–Kier alpha value is -6.06. The molecule has 10 atom stereocenters. The van der Waals surface area contributed by atoms with Crippen LogP contribution in [0.25, 0.3) is 22.1 Å². The van der Waals surface area contributed by atoms with E-state index in [2.05, 4.69) is 142 Å². The fourth-order valence-corrected chi connectivity index (χ4v) is 12.5. The molecule has 4 heterocycles. The molecule has 5 N–H and O–H groups in total. The van der Waals surface area contributed by atoms with Crippen LogP contribution in [0.3, 0.4) is 0 Å². The van der Waals surface area contributed by atoms with Gasteiger partial charge in [-0.05, 0) is 166 Å². The second kappa shape index (κ2) is 35.9. The molecule has 15 heteroatoms. The molecule has 4 aliphatic rings. The Morgan fingerprint density at radius 2 is 1.33 bits per heavy atom. The number of alkyl carbamates (subject to hydrolysis) is 1. The molecule has 2 aliphatic heterocycles. The average molecular weight is 1150 g/mol. The van der Waals surface area contributed by atoms with E-state index in [-0.39, 0.29) is 48.5 Å². The molecular formula is C68H106N8O7. The summed E-state index contributed by atoms with van der Waals surface area (Å²) in [4.78, 5) is 67.2. The van der Waals surface area contributed by atoms with E-state index in [4.69, 9.17) is 19.5 Å². The maximum absolute atomic E-state index is 14.1. The fourth-order valence-electron chi connectivity index (χ4n) is 12.5. The number of H-pyrrole nitrogens is 2. The molecule has 2 aromatic carbocycles. The number of hydrogen-bond acceptors (Lipinski definition) is 9. The van der Waals surface area contributed by atoms with E-state index in [9.17, 15) is 14.4 Å². The Kier molecular flexibility index (Phi) is 30.1. The van der Waals surface area contributed by atoms with Gasteiger partial charge in [0.2, 0.25) is 12.8 Å². The van der Waals surface area contributed by atoms with Gasteiger partial charge in [0.25, 0.3) is 5.91 Å². The zero-order valence-corrected chi connectivity index (χ0v) is 53.2. The number of likely N-dealkylation sites (tertiary alicyclic amines) is 2. The number of nitrogens with zero attached hydrogens (tertiary/aromatic N) is 4. The number of aromatic amines is 2. The van der Waals surface area contributed by atoms with Crippen LogP contribution in [-0.2, 0) is 41.4 Å². The van der Waals surface area contributed by atoms with Crippen molar-refractivity contribution in [3.8, 4) is 0 Å². The van der Waals surface area contributed by atoms with Gasteiger partial charge in [0.05, 0.1) is 41.3 Å². The largest absolute Gasteiger partial charge is 0.453 e. The monoisotopic (exact) mass is 1150 g/mol. The number of rotatable bonds is 21. The first kappa shape index (κ1) is 69.4. The summed E-state index contributed by atoms with van der Waals surface area (Å²) in [5, 5.41) is 2.67. The van der Waals surface area contributed by atoms with Crippen molar-refractivity contribution in [3.05, 3.63) is 107 Å². The smallest absolute Gasteiger partial charge is 0.407 e. The first-order valence-corrected chi connectivity index (χ1v) is 31.2. The van der Waals surface area contributed by atoms with E-state index in [1.165, 1.54) is 67.9 Å². The van der Waals surface area contributed by atoms with E-state index in [1.807, 2.05) is 40.7 Å². The predicted molar refractivity (Wildman–Crippen MR) is 339 cm³/mol. The highest BCUT2D eigenvalue weighted by molar-refractivity contribution is 5.83. The minimum atomic E-state index is -0.450. The minimum Gasteiger partial charge on any atom is -0.453 e. The summed E-state index contributed by atoms with van der Waals surface area (Å²) >= 11 is 0. The van der Waals surface area contributed by atoms with Crippen molar-refractivity contribution in [1.82, 2.24) is 35.1 Å². The van der Waals surface area contributed by atoms with Gasteiger partial charge in [0, 0.05) is 39.5 Å². The van der Waals surface area contributed by atoms with Gasteiger partial charge in [-0.1, -0.05) is 137 Å². The molecule has 4 aromatic rings.